The molecule has 26 heavy (non-hydrogen) atoms. The lowest BCUT2D eigenvalue weighted by Crippen LogP contribution is -2.32. The van der Waals surface area contributed by atoms with Crippen molar-refractivity contribution in [1.82, 2.24) is 0 Å². The minimum absolute atomic E-state index is 0.145. The van der Waals surface area contributed by atoms with Crippen LogP contribution in [0.2, 0.25) is 0 Å². The predicted octanol–water partition coefficient (Wildman–Crippen LogP) is 6.01. The molecule has 0 fully saturated rings. The van der Waals surface area contributed by atoms with Crippen LogP contribution >= 0.6 is 0 Å². The third-order valence-electron chi connectivity index (χ3n) is 5.78. The zero-order valence-corrected chi connectivity index (χ0v) is 17.8. The predicted molar refractivity (Wildman–Crippen MR) is 113 cm³/mol. The average Bonchev–Trinajstić information content (AvgIpc) is 2.99. The molecule has 1 aliphatic rings. The molecule has 1 amide bonds. The van der Waals surface area contributed by atoms with E-state index in [0.29, 0.717) is 0 Å². The van der Waals surface area contributed by atoms with Gasteiger partial charge in [-0.15, -0.1) is 0 Å². The molecule has 1 heterocycles. The summed E-state index contributed by atoms with van der Waals surface area (Å²) in [6, 6.07) is 2.24. The van der Waals surface area contributed by atoms with Crippen LogP contribution in [0.3, 0.4) is 0 Å². The summed E-state index contributed by atoms with van der Waals surface area (Å²) in [4.78, 5) is 15.4. The van der Waals surface area contributed by atoms with Crippen LogP contribution in [0.5, 0.6) is 0 Å². The molecule has 0 spiro atoms. The van der Waals surface area contributed by atoms with E-state index in [0.717, 1.165) is 38.0 Å². The molecule has 0 radical (unpaired) electrons. The molecular weight excluding hydrogens is 320 g/mol. The van der Waals surface area contributed by atoms with Gasteiger partial charge in [-0.05, 0) is 49.8 Å². The molecular formula is C23H38N2O. The zero-order chi connectivity index (χ0) is 19.3. The van der Waals surface area contributed by atoms with E-state index in [1.54, 1.807) is 0 Å². The largest absolute Gasteiger partial charge is 0.369 e. The van der Waals surface area contributed by atoms with E-state index in [1.165, 1.54) is 48.1 Å². The van der Waals surface area contributed by atoms with Crippen LogP contribution in [0.25, 0.3) is 0 Å². The standard InChI is InChI=1S/C23H38N2O/c1-7-9-10-11-14-25-15-12-19-17(3)16-18(4)20(21(19)25)24-22(26)23(5,6)13-8-2/h16H,7-15H2,1-6H3,(H,24,26). The number of carbonyl (C=O) groups is 1. The van der Waals surface area contributed by atoms with E-state index in [9.17, 15) is 4.79 Å². The normalized spacial score (nSPS) is 13.8. The Bertz CT molecular complexity index is 634. The van der Waals surface area contributed by atoms with E-state index in [4.69, 9.17) is 0 Å². The molecule has 0 bridgehead atoms. The number of fused-ring (bicyclic) bond motifs is 1. The molecule has 0 unspecified atom stereocenters. The number of rotatable bonds is 9. The fraction of sp³-hybridized carbons (Fsp3) is 0.696. The lowest BCUT2D eigenvalue weighted by Gasteiger charge is -2.28. The smallest absolute Gasteiger partial charge is 0.230 e. The number of hydrogen-bond acceptors (Lipinski definition) is 2. The summed E-state index contributed by atoms with van der Waals surface area (Å²) >= 11 is 0. The van der Waals surface area contributed by atoms with Crippen molar-refractivity contribution in [2.24, 2.45) is 5.41 Å². The molecule has 146 valence electrons. The van der Waals surface area contributed by atoms with Crippen molar-refractivity contribution in [2.45, 2.75) is 86.5 Å². The molecule has 0 saturated heterocycles. The number of amides is 1. The lowest BCUT2D eigenvalue weighted by molar-refractivity contribution is -0.124. The van der Waals surface area contributed by atoms with Gasteiger partial charge in [0.25, 0.3) is 0 Å². The summed E-state index contributed by atoms with van der Waals surface area (Å²) in [6.07, 6.45) is 8.12. The number of anilines is 2. The molecule has 2 rings (SSSR count). The Kier molecular flexibility index (Phi) is 7.14. The molecule has 1 aliphatic heterocycles. The van der Waals surface area contributed by atoms with Crippen LogP contribution in [0.1, 0.15) is 82.9 Å². The molecule has 0 atom stereocenters. The fourth-order valence-electron chi connectivity index (χ4n) is 4.16. The van der Waals surface area contributed by atoms with Crippen LogP contribution in [0.15, 0.2) is 6.07 Å². The number of hydrogen-bond donors (Lipinski definition) is 1. The van der Waals surface area contributed by atoms with Crippen molar-refractivity contribution in [3.63, 3.8) is 0 Å². The van der Waals surface area contributed by atoms with Gasteiger partial charge in [0, 0.05) is 18.5 Å². The van der Waals surface area contributed by atoms with Crippen LogP contribution in [-0.2, 0) is 11.2 Å². The highest BCUT2D eigenvalue weighted by Crippen LogP contribution is 2.41. The number of benzene rings is 1. The summed E-state index contributed by atoms with van der Waals surface area (Å²) in [5.74, 6) is 0.145. The van der Waals surface area contributed by atoms with Crippen molar-refractivity contribution >= 4 is 17.3 Å². The third-order valence-corrected chi connectivity index (χ3v) is 5.78. The number of nitrogens with zero attached hydrogens (tertiary/aromatic N) is 1. The van der Waals surface area contributed by atoms with Crippen molar-refractivity contribution < 1.29 is 4.79 Å². The van der Waals surface area contributed by atoms with Crippen LogP contribution in [-0.4, -0.2) is 19.0 Å². The SMILES string of the molecule is CCCCCCN1CCc2c(C)cc(C)c(NC(=O)C(C)(C)CCC)c21. The Morgan fingerprint density at radius 3 is 2.50 bits per heavy atom. The second-order valence-corrected chi connectivity index (χ2v) is 8.60. The maximum absolute atomic E-state index is 12.9. The molecule has 0 aromatic heterocycles. The number of carbonyl (C=O) groups excluding carboxylic acids is 1. The molecule has 1 aromatic rings. The van der Waals surface area contributed by atoms with E-state index in [-0.39, 0.29) is 11.3 Å². The fourth-order valence-corrected chi connectivity index (χ4v) is 4.16. The topological polar surface area (TPSA) is 32.3 Å². The van der Waals surface area contributed by atoms with Gasteiger partial charge in [-0.2, -0.15) is 0 Å². The van der Waals surface area contributed by atoms with Gasteiger partial charge in [-0.3, -0.25) is 4.79 Å². The second kappa shape index (κ2) is 8.92. The molecule has 0 aliphatic carbocycles. The Hall–Kier alpha value is -1.51. The molecule has 1 aromatic carbocycles. The first-order chi connectivity index (χ1) is 12.3. The van der Waals surface area contributed by atoms with Gasteiger partial charge in [0.1, 0.15) is 0 Å². The van der Waals surface area contributed by atoms with Crippen LogP contribution in [0, 0.1) is 19.3 Å². The highest BCUT2D eigenvalue weighted by molar-refractivity contribution is 5.99. The van der Waals surface area contributed by atoms with E-state index >= 15 is 0 Å². The maximum Gasteiger partial charge on any atom is 0.230 e. The maximum atomic E-state index is 12.9. The Morgan fingerprint density at radius 2 is 1.85 bits per heavy atom. The zero-order valence-electron chi connectivity index (χ0n) is 17.8. The summed E-state index contributed by atoms with van der Waals surface area (Å²) in [5.41, 5.74) is 5.98. The minimum atomic E-state index is -0.330. The van der Waals surface area contributed by atoms with Gasteiger partial charge >= 0.3 is 0 Å². The van der Waals surface area contributed by atoms with Gasteiger partial charge < -0.3 is 10.2 Å². The summed E-state index contributed by atoms with van der Waals surface area (Å²) in [6.45, 7) is 15.0. The summed E-state index contributed by atoms with van der Waals surface area (Å²) < 4.78 is 0. The van der Waals surface area contributed by atoms with Gasteiger partial charge in [-0.25, -0.2) is 0 Å². The Morgan fingerprint density at radius 1 is 1.12 bits per heavy atom. The third kappa shape index (κ3) is 4.61. The Balaban J connectivity index is 2.27. The van der Waals surface area contributed by atoms with Crippen molar-refractivity contribution in [2.75, 3.05) is 23.3 Å². The first-order valence-electron chi connectivity index (χ1n) is 10.5. The summed E-state index contributed by atoms with van der Waals surface area (Å²) in [5, 5.41) is 3.31. The monoisotopic (exact) mass is 358 g/mol. The highest BCUT2D eigenvalue weighted by Gasteiger charge is 2.30. The lowest BCUT2D eigenvalue weighted by atomic mass is 9.86. The molecule has 0 saturated carbocycles. The number of unbranched alkanes of at least 4 members (excludes halogenated alkanes) is 3. The quantitative estimate of drug-likeness (QED) is 0.548. The minimum Gasteiger partial charge on any atom is -0.369 e. The van der Waals surface area contributed by atoms with Crippen molar-refractivity contribution in [1.29, 1.82) is 0 Å². The molecule has 1 N–H and O–H groups in total. The van der Waals surface area contributed by atoms with E-state index in [1.807, 2.05) is 0 Å². The van der Waals surface area contributed by atoms with E-state index < -0.39 is 0 Å². The summed E-state index contributed by atoms with van der Waals surface area (Å²) in [7, 11) is 0. The average molecular weight is 359 g/mol. The first kappa shape index (κ1) is 20.8. The van der Waals surface area contributed by atoms with Gasteiger partial charge in [0.15, 0.2) is 0 Å². The second-order valence-electron chi connectivity index (χ2n) is 8.60. The molecule has 3 nitrogen and oxygen atoms in total. The van der Waals surface area contributed by atoms with Crippen LogP contribution in [0.4, 0.5) is 11.4 Å². The van der Waals surface area contributed by atoms with E-state index in [2.05, 4.69) is 57.8 Å². The molecule has 3 heteroatoms. The van der Waals surface area contributed by atoms with Crippen LogP contribution < -0.4 is 10.2 Å². The van der Waals surface area contributed by atoms with Gasteiger partial charge in [-0.1, -0.05) is 59.4 Å². The number of aryl methyl sites for hydroxylation is 2. The van der Waals surface area contributed by atoms with Gasteiger partial charge in [0.05, 0.1) is 11.4 Å². The highest BCUT2D eigenvalue weighted by atomic mass is 16.2. The Labute approximate surface area is 160 Å². The number of nitrogens with one attached hydrogen (secondary N) is 1. The first-order valence-corrected chi connectivity index (χ1v) is 10.5. The van der Waals surface area contributed by atoms with Crippen molar-refractivity contribution in [3.8, 4) is 0 Å². The van der Waals surface area contributed by atoms with Gasteiger partial charge in [0.2, 0.25) is 5.91 Å². The van der Waals surface area contributed by atoms with Crippen molar-refractivity contribution in [3.05, 3.63) is 22.8 Å².